The smallest absolute Gasteiger partial charge is 0.0626 e. The zero-order chi connectivity index (χ0) is 12.1. The highest BCUT2D eigenvalue weighted by molar-refractivity contribution is 9.10. The van der Waals surface area contributed by atoms with Crippen molar-refractivity contribution in [2.24, 2.45) is 0 Å². The number of thiophene rings is 1. The first-order chi connectivity index (χ1) is 8.31. The zero-order valence-electron chi connectivity index (χ0n) is 9.27. The van der Waals surface area contributed by atoms with E-state index in [-0.39, 0.29) is 12.6 Å². The third-order valence-corrected chi connectivity index (χ3v) is 4.45. The van der Waals surface area contributed by atoms with Gasteiger partial charge in [0.25, 0.3) is 0 Å². The molecule has 0 aliphatic heterocycles. The Morgan fingerprint density at radius 1 is 1.24 bits per heavy atom. The van der Waals surface area contributed by atoms with Crippen LogP contribution in [0.3, 0.4) is 0 Å². The van der Waals surface area contributed by atoms with Crippen LogP contribution >= 0.6 is 27.3 Å². The summed E-state index contributed by atoms with van der Waals surface area (Å²) in [6, 6.07) is 9.99. The minimum atomic E-state index is -0.0111. The van der Waals surface area contributed by atoms with Gasteiger partial charge in [-0.25, -0.2) is 0 Å². The molecule has 0 aliphatic carbocycles. The van der Waals surface area contributed by atoms with Crippen molar-refractivity contribution < 1.29 is 5.11 Å². The summed E-state index contributed by atoms with van der Waals surface area (Å²) in [7, 11) is 0. The van der Waals surface area contributed by atoms with Crippen LogP contribution in [0.4, 0.5) is 0 Å². The summed E-state index contributed by atoms with van der Waals surface area (Å²) < 4.78 is 1.12. The highest BCUT2D eigenvalue weighted by atomic mass is 79.9. The van der Waals surface area contributed by atoms with Gasteiger partial charge >= 0.3 is 0 Å². The van der Waals surface area contributed by atoms with Crippen LogP contribution in [0.15, 0.2) is 45.6 Å². The van der Waals surface area contributed by atoms with Crippen molar-refractivity contribution in [1.29, 1.82) is 0 Å². The molecule has 2 rings (SSSR count). The molecule has 1 heterocycles. The first kappa shape index (κ1) is 12.8. The molecule has 0 fully saturated rings. The van der Waals surface area contributed by atoms with Gasteiger partial charge in [0.2, 0.25) is 0 Å². The fourth-order valence-electron chi connectivity index (χ4n) is 1.64. The first-order valence-corrected chi connectivity index (χ1v) is 7.14. The van der Waals surface area contributed by atoms with Crippen molar-refractivity contribution in [2.45, 2.75) is 12.6 Å². The van der Waals surface area contributed by atoms with Gasteiger partial charge in [-0.2, -0.15) is 11.3 Å². The van der Waals surface area contributed by atoms with Gasteiger partial charge in [0.05, 0.1) is 12.6 Å². The zero-order valence-corrected chi connectivity index (χ0v) is 11.7. The van der Waals surface area contributed by atoms with Crippen LogP contribution < -0.4 is 5.32 Å². The highest BCUT2D eigenvalue weighted by Crippen LogP contribution is 2.22. The van der Waals surface area contributed by atoms with Crippen LogP contribution in [0, 0.1) is 0 Å². The normalized spacial score (nSPS) is 12.6. The monoisotopic (exact) mass is 311 g/mol. The molecule has 90 valence electrons. The predicted octanol–water partition coefficient (Wildman–Crippen LogP) is 3.33. The van der Waals surface area contributed by atoms with E-state index in [4.69, 9.17) is 0 Å². The van der Waals surface area contributed by atoms with E-state index in [1.807, 2.05) is 30.3 Å². The molecule has 1 aromatic carbocycles. The van der Waals surface area contributed by atoms with Crippen LogP contribution in [-0.4, -0.2) is 11.7 Å². The summed E-state index contributed by atoms with van der Waals surface area (Å²) in [6.45, 7) is 0.857. The van der Waals surface area contributed by atoms with E-state index in [9.17, 15) is 5.11 Å². The topological polar surface area (TPSA) is 32.3 Å². The molecule has 1 aromatic heterocycles. The first-order valence-electron chi connectivity index (χ1n) is 5.41. The molecule has 2 aromatic rings. The number of aliphatic hydroxyl groups is 1. The van der Waals surface area contributed by atoms with Crippen LogP contribution in [0.25, 0.3) is 0 Å². The number of hydrogen-bond donors (Lipinski definition) is 2. The van der Waals surface area contributed by atoms with Gasteiger partial charge in [0.15, 0.2) is 0 Å². The van der Waals surface area contributed by atoms with E-state index < -0.39 is 0 Å². The number of aliphatic hydroxyl groups excluding tert-OH is 1. The summed E-state index contributed by atoms with van der Waals surface area (Å²) >= 11 is 5.17. The molecule has 0 spiro atoms. The molecule has 0 radical (unpaired) electrons. The molecule has 1 unspecified atom stereocenters. The molecule has 4 heteroatoms. The maximum Gasteiger partial charge on any atom is 0.0626 e. The van der Waals surface area contributed by atoms with Crippen LogP contribution in [0.1, 0.15) is 17.2 Å². The predicted molar refractivity (Wildman–Crippen MR) is 75.1 cm³/mol. The van der Waals surface area contributed by atoms with E-state index in [0.29, 0.717) is 0 Å². The van der Waals surface area contributed by atoms with Crippen molar-refractivity contribution >= 4 is 27.3 Å². The van der Waals surface area contributed by atoms with Gasteiger partial charge in [-0.15, -0.1) is 0 Å². The Hall–Kier alpha value is -0.680. The van der Waals surface area contributed by atoms with E-state index in [0.717, 1.165) is 16.6 Å². The molecule has 2 nitrogen and oxygen atoms in total. The largest absolute Gasteiger partial charge is 0.394 e. The van der Waals surface area contributed by atoms with Crippen LogP contribution in [-0.2, 0) is 6.54 Å². The molecule has 0 amide bonds. The average Bonchev–Trinajstić information content (AvgIpc) is 2.77. The molecule has 0 aliphatic rings. The maximum atomic E-state index is 9.41. The molecular weight excluding hydrogens is 298 g/mol. The minimum absolute atomic E-state index is 0.0111. The minimum Gasteiger partial charge on any atom is -0.394 e. The van der Waals surface area contributed by atoms with E-state index in [1.165, 1.54) is 5.56 Å². The molecule has 0 bridgehead atoms. The summed E-state index contributed by atoms with van der Waals surface area (Å²) in [5.74, 6) is 0. The lowest BCUT2D eigenvalue weighted by Gasteiger charge is -2.16. The fraction of sp³-hybridized carbons (Fsp3) is 0.231. The third kappa shape index (κ3) is 3.39. The van der Waals surface area contributed by atoms with Crippen molar-refractivity contribution in [3.63, 3.8) is 0 Å². The van der Waals surface area contributed by atoms with E-state index >= 15 is 0 Å². The summed E-state index contributed by atoms with van der Waals surface area (Å²) in [6.07, 6.45) is 0. The van der Waals surface area contributed by atoms with Gasteiger partial charge in [-0.1, -0.05) is 30.3 Å². The average molecular weight is 312 g/mol. The van der Waals surface area contributed by atoms with Crippen LogP contribution in [0.5, 0.6) is 0 Å². The van der Waals surface area contributed by atoms with Gasteiger partial charge in [0, 0.05) is 16.4 Å². The number of nitrogens with one attached hydrogen (secondary N) is 1. The lowest BCUT2D eigenvalue weighted by atomic mass is 10.1. The van der Waals surface area contributed by atoms with Gasteiger partial charge < -0.3 is 10.4 Å². The Morgan fingerprint density at radius 3 is 2.59 bits per heavy atom. The van der Waals surface area contributed by atoms with Crippen molar-refractivity contribution in [3.8, 4) is 0 Å². The lowest BCUT2D eigenvalue weighted by molar-refractivity contribution is 0.243. The van der Waals surface area contributed by atoms with E-state index in [2.05, 4.69) is 32.0 Å². The third-order valence-electron chi connectivity index (χ3n) is 2.61. The van der Waals surface area contributed by atoms with Crippen molar-refractivity contribution in [3.05, 3.63) is 56.7 Å². The molecule has 2 N–H and O–H groups in total. The number of hydrogen-bond acceptors (Lipinski definition) is 3. The number of benzene rings is 1. The molecule has 1 atom stereocenters. The summed E-state index contributed by atoms with van der Waals surface area (Å²) in [5.41, 5.74) is 2.34. The maximum absolute atomic E-state index is 9.41. The van der Waals surface area contributed by atoms with Crippen molar-refractivity contribution in [1.82, 2.24) is 5.32 Å². The Bertz CT molecular complexity index is 457. The summed E-state index contributed by atoms with van der Waals surface area (Å²) in [4.78, 5) is 0. The standard InChI is InChI=1S/C13H14BrNOS/c14-12-9-17-8-11(12)6-15-13(7-16)10-4-2-1-3-5-10/h1-5,8-9,13,15-16H,6-7H2. The molecular formula is C13H14BrNOS. The highest BCUT2D eigenvalue weighted by Gasteiger charge is 2.10. The Balaban J connectivity index is 1.99. The Labute approximate surface area is 113 Å². The summed E-state index contributed by atoms with van der Waals surface area (Å²) in [5, 5.41) is 16.9. The number of halogens is 1. The molecule has 0 saturated carbocycles. The second-order valence-corrected chi connectivity index (χ2v) is 5.37. The number of rotatable bonds is 5. The van der Waals surface area contributed by atoms with Gasteiger partial charge in [0.1, 0.15) is 0 Å². The molecule has 0 saturated heterocycles. The van der Waals surface area contributed by atoms with E-state index in [1.54, 1.807) is 11.3 Å². The van der Waals surface area contributed by atoms with Gasteiger partial charge in [-0.3, -0.25) is 0 Å². The van der Waals surface area contributed by atoms with Crippen LogP contribution in [0.2, 0.25) is 0 Å². The molecule has 17 heavy (non-hydrogen) atoms. The Kier molecular flexibility index (Phi) is 4.74. The fourth-order valence-corrected chi connectivity index (χ4v) is 3.08. The SMILES string of the molecule is OCC(NCc1cscc1Br)c1ccccc1. The quantitative estimate of drug-likeness (QED) is 0.887. The Morgan fingerprint density at radius 2 is 2.00 bits per heavy atom. The second-order valence-electron chi connectivity index (χ2n) is 3.77. The van der Waals surface area contributed by atoms with Crippen molar-refractivity contribution in [2.75, 3.05) is 6.61 Å². The lowest BCUT2D eigenvalue weighted by Crippen LogP contribution is -2.23. The van der Waals surface area contributed by atoms with Gasteiger partial charge in [-0.05, 0) is 32.4 Å². The second kappa shape index (κ2) is 6.31.